The first-order valence-electron chi connectivity index (χ1n) is 8.68. The van der Waals surface area contributed by atoms with Gasteiger partial charge in [0.25, 0.3) is 0 Å². The molecule has 2 rings (SSSR count). The van der Waals surface area contributed by atoms with Gasteiger partial charge in [-0.25, -0.2) is 22.7 Å². The number of hydrogen-bond acceptors (Lipinski definition) is 6. The number of carbonyl (C=O) groups is 2. The third-order valence-corrected chi connectivity index (χ3v) is 4.63. The van der Waals surface area contributed by atoms with E-state index in [2.05, 4.69) is 10.0 Å². The molecule has 0 fully saturated rings. The summed E-state index contributed by atoms with van der Waals surface area (Å²) >= 11 is 0. The second-order valence-corrected chi connectivity index (χ2v) is 9.23. The highest BCUT2D eigenvalue weighted by Gasteiger charge is 2.25. The third-order valence-electron chi connectivity index (χ3n) is 3.90. The Hall–Kier alpha value is -2.13. The molecule has 2 N–H and O–H groups in total. The zero-order valence-corrected chi connectivity index (χ0v) is 16.9. The quantitative estimate of drug-likeness (QED) is 0.674. The summed E-state index contributed by atoms with van der Waals surface area (Å²) in [6.07, 6.45) is 1.55. The van der Waals surface area contributed by atoms with Gasteiger partial charge in [0.15, 0.2) is 0 Å². The summed E-state index contributed by atoms with van der Waals surface area (Å²) in [5, 5.41) is 2.70. The van der Waals surface area contributed by atoms with Crippen LogP contribution in [0.25, 0.3) is 0 Å². The maximum Gasteiger partial charge on any atom is 0.407 e. The van der Waals surface area contributed by atoms with Gasteiger partial charge in [0, 0.05) is 18.7 Å². The molecule has 0 aliphatic carbocycles. The minimum atomic E-state index is -3.30. The number of fused-ring (bicyclic) bond motifs is 1. The van der Waals surface area contributed by atoms with Crippen LogP contribution in [0.2, 0.25) is 0 Å². The third kappa shape index (κ3) is 6.51. The molecular weight excluding hydrogens is 372 g/mol. The van der Waals surface area contributed by atoms with E-state index in [-0.39, 0.29) is 19.1 Å². The fourth-order valence-corrected chi connectivity index (χ4v) is 3.31. The van der Waals surface area contributed by atoms with Gasteiger partial charge in [-0.15, -0.1) is 0 Å². The number of hydrogen-bond donors (Lipinski definition) is 2. The van der Waals surface area contributed by atoms with Gasteiger partial charge in [-0.2, -0.15) is 0 Å². The average Bonchev–Trinajstić information content (AvgIpc) is 2.87. The molecule has 0 radical (unpaired) electrons. The molecule has 0 saturated carbocycles. The lowest BCUT2D eigenvalue weighted by atomic mass is 9.93. The zero-order valence-electron chi connectivity index (χ0n) is 16.0. The van der Waals surface area contributed by atoms with Crippen LogP contribution in [-0.4, -0.2) is 45.4 Å². The van der Waals surface area contributed by atoms with Crippen molar-refractivity contribution < 1.29 is 27.5 Å². The van der Waals surface area contributed by atoms with E-state index < -0.39 is 21.7 Å². The number of sulfonamides is 1. The molecule has 27 heavy (non-hydrogen) atoms. The lowest BCUT2D eigenvalue weighted by molar-refractivity contribution is 0.0520. The van der Waals surface area contributed by atoms with Gasteiger partial charge in [-0.1, -0.05) is 6.07 Å². The summed E-state index contributed by atoms with van der Waals surface area (Å²) in [5.74, 6) is -0.374. The van der Waals surface area contributed by atoms with Crippen LogP contribution < -0.4 is 10.0 Å². The van der Waals surface area contributed by atoms with Crippen molar-refractivity contribution in [2.24, 2.45) is 0 Å². The SMILES string of the molecule is CC(C)(C)OC(=O)NCCc1ccc2c(c1CCNS(C)(=O)=O)COC2=O. The van der Waals surface area contributed by atoms with Crippen molar-refractivity contribution in [3.8, 4) is 0 Å². The average molecular weight is 398 g/mol. The Morgan fingerprint density at radius 2 is 1.93 bits per heavy atom. The molecular formula is C18H26N2O6S. The van der Waals surface area contributed by atoms with Gasteiger partial charge < -0.3 is 14.8 Å². The predicted octanol–water partition coefficient (Wildman–Crippen LogP) is 1.52. The zero-order chi connectivity index (χ0) is 20.2. The molecule has 1 aliphatic heterocycles. The molecule has 8 nitrogen and oxygen atoms in total. The van der Waals surface area contributed by atoms with Crippen LogP contribution in [0.3, 0.4) is 0 Å². The number of cyclic esters (lactones) is 1. The van der Waals surface area contributed by atoms with E-state index in [9.17, 15) is 18.0 Å². The second-order valence-electron chi connectivity index (χ2n) is 7.40. The number of benzene rings is 1. The van der Waals surface area contributed by atoms with Crippen molar-refractivity contribution in [2.45, 2.75) is 45.8 Å². The first kappa shape index (κ1) is 21.2. The highest BCUT2D eigenvalue weighted by atomic mass is 32.2. The molecule has 0 aromatic heterocycles. The van der Waals surface area contributed by atoms with E-state index in [1.54, 1.807) is 26.8 Å². The van der Waals surface area contributed by atoms with Crippen molar-refractivity contribution in [2.75, 3.05) is 19.3 Å². The molecule has 0 atom stereocenters. The van der Waals surface area contributed by atoms with E-state index in [1.165, 1.54) is 0 Å². The minimum Gasteiger partial charge on any atom is -0.457 e. The molecule has 0 saturated heterocycles. The topological polar surface area (TPSA) is 111 Å². The Kier molecular flexibility index (Phi) is 6.48. The minimum absolute atomic E-state index is 0.176. The van der Waals surface area contributed by atoms with Gasteiger partial charge in [-0.3, -0.25) is 0 Å². The summed E-state index contributed by atoms with van der Waals surface area (Å²) in [5.41, 5.74) is 2.52. The van der Waals surface area contributed by atoms with Gasteiger partial charge in [0.2, 0.25) is 10.0 Å². The lowest BCUT2D eigenvalue weighted by Crippen LogP contribution is -2.33. The van der Waals surface area contributed by atoms with Crippen LogP contribution >= 0.6 is 0 Å². The van der Waals surface area contributed by atoms with Crippen LogP contribution in [-0.2, 0) is 38.9 Å². The lowest BCUT2D eigenvalue weighted by Gasteiger charge is -2.20. The molecule has 1 amide bonds. The largest absolute Gasteiger partial charge is 0.457 e. The van der Waals surface area contributed by atoms with Crippen LogP contribution in [0.1, 0.15) is 47.8 Å². The van der Waals surface area contributed by atoms with Gasteiger partial charge in [0.05, 0.1) is 11.8 Å². The molecule has 1 aromatic carbocycles. The van der Waals surface area contributed by atoms with E-state index in [0.717, 1.165) is 22.9 Å². The first-order valence-corrected chi connectivity index (χ1v) is 10.6. The van der Waals surface area contributed by atoms with E-state index >= 15 is 0 Å². The Morgan fingerprint density at radius 3 is 2.56 bits per heavy atom. The Bertz CT molecular complexity index is 827. The predicted molar refractivity (Wildman–Crippen MR) is 100 cm³/mol. The van der Waals surface area contributed by atoms with Crippen LogP contribution in [0.15, 0.2) is 12.1 Å². The van der Waals surface area contributed by atoms with Crippen molar-refractivity contribution in [1.82, 2.24) is 10.0 Å². The second kappa shape index (κ2) is 8.26. The number of nitrogens with one attached hydrogen (secondary N) is 2. The summed E-state index contributed by atoms with van der Waals surface area (Å²) in [6.45, 7) is 6.12. The Labute approximate surface area is 159 Å². The summed E-state index contributed by atoms with van der Waals surface area (Å²) < 4.78 is 35.4. The molecule has 0 bridgehead atoms. The van der Waals surface area contributed by atoms with Gasteiger partial charge >= 0.3 is 12.1 Å². The van der Waals surface area contributed by atoms with Crippen molar-refractivity contribution >= 4 is 22.1 Å². The number of amides is 1. The fourth-order valence-electron chi connectivity index (χ4n) is 2.83. The Morgan fingerprint density at radius 1 is 1.22 bits per heavy atom. The van der Waals surface area contributed by atoms with Gasteiger partial charge in [-0.05, 0) is 50.8 Å². The molecule has 1 aromatic rings. The monoisotopic (exact) mass is 398 g/mol. The number of carbonyl (C=O) groups excluding carboxylic acids is 2. The van der Waals surface area contributed by atoms with Crippen LogP contribution in [0.5, 0.6) is 0 Å². The summed E-state index contributed by atoms with van der Waals surface area (Å²) in [6, 6.07) is 3.53. The summed E-state index contributed by atoms with van der Waals surface area (Å²) in [4.78, 5) is 23.6. The molecule has 150 valence electrons. The van der Waals surface area contributed by atoms with E-state index in [1.807, 2.05) is 6.07 Å². The molecule has 9 heteroatoms. The molecule has 1 aliphatic rings. The van der Waals surface area contributed by atoms with Crippen LogP contribution in [0, 0.1) is 0 Å². The number of alkyl carbamates (subject to hydrolysis) is 1. The molecule has 0 spiro atoms. The standard InChI is InChI=1S/C18H26N2O6S/c1-18(2,3)26-17(22)19-9-7-12-5-6-14-15(11-25-16(14)21)13(12)8-10-20-27(4,23)24/h5-6,20H,7-11H2,1-4H3,(H,19,22). The highest BCUT2D eigenvalue weighted by Crippen LogP contribution is 2.27. The van der Waals surface area contributed by atoms with Crippen LogP contribution in [0.4, 0.5) is 4.79 Å². The van der Waals surface area contributed by atoms with Crippen molar-refractivity contribution in [1.29, 1.82) is 0 Å². The van der Waals surface area contributed by atoms with E-state index in [4.69, 9.17) is 9.47 Å². The smallest absolute Gasteiger partial charge is 0.407 e. The molecule has 1 heterocycles. The maximum absolute atomic E-state index is 11.8. The first-order chi connectivity index (χ1) is 12.5. The Balaban J connectivity index is 2.08. The number of rotatable bonds is 7. The number of esters is 1. The summed E-state index contributed by atoms with van der Waals surface area (Å²) in [7, 11) is -3.30. The normalized spacial score (nSPS) is 13.9. The van der Waals surface area contributed by atoms with Crippen molar-refractivity contribution in [3.05, 3.63) is 34.4 Å². The maximum atomic E-state index is 11.8. The van der Waals surface area contributed by atoms with Gasteiger partial charge in [0.1, 0.15) is 12.2 Å². The van der Waals surface area contributed by atoms with Crippen molar-refractivity contribution in [3.63, 3.8) is 0 Å². The fraction of sp³-hybridized carbons (Fsp3) is 0.556. The molecule has 0 unspecified atom stereocenters. The van der Waals surface area contributed by atoms with E-state index in [0.29, 0.717) is 24.9 Å². The number of ether oxygens (including phenoxy) is 2. The highest BCUT2D eigenvalue weighted by molar-refractivity contribution is 7.88.